The third-order valence-electron chi connectivity index (χ3n) is 3.65. The van der Waals surface area contributed by atoms with E-state index < -0.39 is 16.7 Å². The fraction of sp³-hybridized carbons (Fsp3) is 0.400. The van der Waals surface area contributed by atoms with Gasteiger partial charge in [0.05, 0.1) is 16.7 Å². The van der Waals surface area contributed by atoms with Gasteiger partial charge in [0, 0.05) is 12.1 Å². The zero-order chi connectivity index (χ0) is 16.7. The molecule has 1 aliphatic rings. The van der Waals surface area contributed by atoms with Gasteiger partial charge in [-0.15, -0.1) is 0 Å². The Balaban J connectivity index is 1.88. The lowest BCUT2D eigenvalue weighted by atomic mass is 9.95. The summed E-state index contributed by atoms with van der Waals surface area (Å²) in [5.74, 6) is -1.62. The molecule has 122 valence electrons. The highest BCUT2D eigenvalue weighted by molar-refractivity contribution is 6.35. The number of rotatable bonds is 4. The summed E-state index contributed by atoms with van der Waals surface area (Å²) in [6.07, 6.45) is 6.13. The van der Waals surface area contributed by atoms with Crippen molar-refractivity contribution in [1.82, 2.24) is 10.7 Å². The normalized spacial score (nSPS) is 15.3. The summed E-state index contributed by atoms with van der Waals surface area (Å²) in [5, 5.41) is 17.1. The second-order valence-corrected chi connectivity index (χ2v) is 5.32. The molecular formula is C15H18N4O4. The highest BCUT2D eigenvalue weighted by Crippen LogP contribution is 2.17. The first-order valence-electron chi connectivity index (χ1n) is 7.45. The van der Waals surface area contributed by atoms with Gasteiger partial charge < -0.3 is 5.32 Å². The average Bonchev–Trinajstić information content (AvgIpc) is 2.56. The van der Waals surface area contributed by atoms with Crippen molar-refractivity contribution in [2.45, 2.75) is 38.1 Å². The summed E-state index contributed by atoms with van der Waals surface area (Å²) in [4.78, 5) is 33.7. The second kappa shape index (κ2) is 8.02. The highest BCUT2D eigenvalue weighted by atomic mass is 16.6. The molecule has 1 saturated carbocycles. The van der Waals surface area contributed by atoms with E-state index >= 15 is 0 Å². The van der Waals surface area contributed by atoms with E-state index in [4.69, 9.17) is 0 Å². The van der Waals surface area contributed by atoms with E-state index in [1.807, 2.05) is 0 Å². The van der Waals surface area contributed by atoms with Crippen LogP contribution >= 0.6 is 0 Å². The lowest BCUT2D eigenvalue weighted by Crippen LogP contribution is -2.44. The number of nitro groups is 1. The van der Waals surface area contributed by atoms with E-state index in [0.717, 1.165) is 38.3 Å². The van der Waals surface area contributed by atoms with Crippen LogP contribution in [0.25, 0.3) is 0 Å². The molecule has 1 aliphatic carbocycles. The second-order valence-electron chi connectivity index (χ2n) is 5.32. The van der Waals surface area contributed by atoms with Crippen molar-refractivity contribution < 1.29 is 14.5 Å². The Morgan fingerprint density at radius 3 is 2.57 bits per heavy atom. The van der Waals surface area contributed by atoms with E-state index in [9.17, 15) is 19.7 Å². The standard InChI is InChI=1S/C15H18N4O4/c20-14(17-12-7-2-1-3-8-12)15(21)18-16-10-11-6-4-5-9-13(11)19(22)23/h4-6,9-10,12H,1-3,7-8H2,(H,17,20)(H,18,21)/b16-10+. The molecule has 0 bridgehead atoms. The molecular weight excluding hydrogens is 300 g/mol. The molecule has 23 heavy (non-hydrogen) atoms. The number of carbonyl (C=O) groups is 2. The first kappa shape index (κ1) is 16.6. The van der Waals surface area contributed by atoms with Gasteiger partial charge in [0.2, 0.25) is 0 Å². The molecule has 0 spiro atoms. The Morgan fingerprint density at radius 1 is 1.17 bits per heavy atom. The van der Waals surface area contributed by atoms with E-state index in [1.54, 1.807) is 6.07 Å². The van der Waals surface area contributed by atoms with Crippen molar-refractivity contribution in [2.24, 2.45) is 5.10 Å². The molecule has 0 saturated heterocycles. The first-order chi connectivity index (χ1) is 11.1. The summed E-state index contributed by atoms with van der Waals surface area (Å²) < 4.78 is 0. The number of hydrogen-bond donors (Lipinski definition) is 2. The predicted octanol–water partition coefficient (Wildman–Crippen LogP) is 1.49. The van der Waals surface area contributed by atoms with Crippen LogP contribution < -0.4 is 10.7 Å². The van der Waals surface area contributed by atoms with Gasteiger partial charge in [-0.3, -0.25) is 19.7 Å². The number of nitrogens with zero attached hydrogens (tertiary/aromatic N) is 2. The molecule has 8 heteroatoms. The van der Waals surface area contributed by atoms with Crippen LogP contribution in [0.3, 0.4) is 0 Å². The van der Waals surface area contributed by atoms with Crippen LogP contribution in [0.1, 0.15) is 37.7 Å². The highest BCUT2D eigenvalue weighted by Gasteiger charge is 2.20. The van der Waals surface area contributed by atoms with Gasteiger partial charge >= 0.3 is 11.8 Å². The average molecular weight is 318 g/mol. The molecule has 2 amide bonds. The Bertz CT molecular complexity index is 624. The number of carbonyl (C=O) groups excluding carboxylic acids is 2. The molecule has 0 atom stereocenters. The number of amides is 2. The van der Waals surface area contributed by atoms with Crippen molar-refractivity contribution >= 4 is 23.7 Å². The molecule has 1 aromatic rings. The summed E-state index contributed by atoms with van der Waals surface area (Å²) in [5.41, 5.74) is 2.20. The third kappa shape index (κ3) is 4.87. The van der Waals surface area contributed by atoms with Gasteiger partial charge in [0.1, 0.15) is 0 Å². The fourth-order valence-corrected chi connectivity index (χ4v) is 2.47. The number of benzene rings is 1. The Hall–Kier alpha value is -2.77. The molecule has 1 fully saturated rings. The van der Waals surface area contributed by atoms with E-state index in [2.05, 4.69) is 15.8 Å². The van der Waals surface area contributed by atoms with E-state index in [0.29, 0.717) is 0 Å². The number of para-hydroxylation sites is 1. The number of hydrazone groups is 1. The lowest BCUT2D eigenvalue weighted by molar-refractivity contribution is -0.385. The largest absolute Gasteiger partial charge is 0.345 e. The van der Waals surface area contributed by atoms with Crippen LogP contribution in [0.4, 0.5) is 5.69 Å². The van der Waals surface area contributed by atoms with Gasteiger partial charge in [-0.1, -0.05) is 31.4 Å². The van der Waals surface area contributed by atoms with Crippen molar-refractivity contribution in [3.8, 4) is 0 Å². The number of nitro benzene ring substituents is 1. The van der Waals surface area contributed by atoms with Crippen molar-refractivity contribution in [1.29, 1.82) is 0 Å². The minimum Gasteiger partial charge on any atom is -0.345 e. The predicted molar refractivity (Wildman–Crippen MR) is 83.8 cm³/mol. The number of nitrogens with one attached hydrogen (secondary N) is 2. The first-order valence-corrected chi connectivity index (χ1v) is 7.45. The minimum absolute atomic E-state index is 0.0289. The lowest BCUT2D eigenvalue weighted by Gasteiger charge is -2.22. The van der Waals surface area contributed by atoms with Crippen LogP contribution in [0.5, 0.6) is 0 Å². The van der Waals surface area contributed by atoms with Crippen LogP contribution in [-0.4, -0.2) is 29.0 Å². The van der Waals surface area contributed by atoms with Gasteiger partial charge in [-0.2, -0.15) is 5.10 Å². The molecule has 2 N–H and O–H groups in total. The van der Waals surface area contributed by atoms with Crippen LogP contribution in [-0.2, 0) is 9.59 Å². The fourth-order valence-electron chi connectivity index (χ4n) is 2.47. The topological polar surface area (TPSA) is 114 Å². The van der Waals surface area contributed by atoms with Crippen LogP contribution in [0.15, 0.2) is 29.4 Å². The van der Waals surface area contributed by atoms with Crippen molar-refractivity contribution in [3.05, 3.63) is 39.9 Å². The Labute approximate surface area is 133 Å². The summed E-state index contributed by atoms with van der Waals surface area (Å²) in [7, 11) is 0. The summed E-state index contributed by atoms with van der Waals surface area (Å²) >= 11 is 0. The zero-order valence-corrected chi connectivity index (χ0v) is 12.5. The Morgan fingerprint density at radius 2 is 1.87 bits per heavy atom. The van der Waals surface area contributed by atoms with Gasteiger partial charge in [0.25, 0.3) is 5.69 Å². The zero-order valence-electron chi connectivity index (χ0n) is 12.5. The smallest absolute Gasteiger partial charge is 0.329 e. The summed E-state index contributed by atoms with van der Waals surface area (Å²) in [6.45, 7) is 0. The molecule has 8 nitrogen and oxygen atoms in total. The molecule has 2 rings (SSSR count). The maximum atomic E-state index is 11.7. The van der Waals surface area contributed by atoms with Gasteiger partial charge in [-0.25, -0.2) is 5.43 Å². The third-order valence-corrected chi connectivity index (χ3v) is 3.65. The Kier molecular flexibility index (Phi) is 5.79. The van der Waals surface area contributed by atoms with Crippen LogP contribution in [0, 0.1) is 10.1 Å². The van der Waals surface area contributed by atoms with Gasteiger partial charge in [-0.05, 0) is 18.9 Å². The van der Waals surface area contributed by atoms with Crippen LogP contribution in [0.2, 0.25) is 0 Å². The molecule has 0 aliphatic heterocycles. The van der Waals surface area contributed by atoms with Crippen molar-refractivity contribution in [2.75, 3.05) is 0 Å². The monoisotopic (exact) mass is 318 g/mol. The number of hydrogen-bond acceptors (Lipinski definition) is 5. The molecule has 0 radical (unpaired) electrons. The SMILES string of the molecule is O=C(N/N=C/c1ccccc1[N+](=O)[O-])C(=O)NC1CCCCC1. The quantitative estimate of drug-likeness (QED) is 0.379. The molecule has 0 aromatic heterocycles. The molecule has 0 heterocycles. The summed E-state index contributed by atoms with van der Waals surface area (Å²) in [6, 6.07) is 6.01. The van der Waals surface area contributed by atoms with Crippen molar-refractivity contribution in [3.63, 3.8) is 0 Å². The molecule has 1 aromatic carbocycles. The van der Waals surface area contributed by atoms with E-state index in [1.165, 1.54) is 18.2 Å². The van der Waals surface area contributed by atoms with E-state index in [-0.39, 0.29) is 17.3 Å². The maximum absolute atomic E-state index is 11.7. The van der Waals surface area contributed by atoms with Gasteiger partial charge in [0.15, 0.2) is 0 Å². The maximum Gasteiger partial charge on any atom is 0.329 e. The molecule has 0 unspecified atom stereocenters. The minimum atomic E-state index is -0.884.